The van der Waals surface area contributed by atoms with E-state index in [2.05, 4.69) is 10.1 Å². The highest BCUT2D eigenvalue weighted by molar-refractivity contribution is 8.00. The number of hydrogen-bond acceptors (Lipinski definition) is 7. The Bertz CT molecular complexity index is 1340. The Morgan fingerprint density at radius 1 is 1.18 bits per heavy atom. The lowest BCUT2D eigenvalue weighted by molar-refractivity contribution is -0.146. The third-order valence-electron chi connectivity index (χ3n) is 6.01. The number of rotatable bonds is 9. The van der Waals surface area contributed by atoms with E-state index in [0.29, 0.717) is 18.8 Å². The molecule has 3 aromatic rings. The highest BCUT2D eigenvalue weighted by atomic mass is 32.2. The summed E-state index contributed by atoms with van der Waals surface area (Å²) in [5.41, 5.74) is -1.17. The minimum atomic E-state index is -1.72. The summed E-state index contributed by atoms with van der Waals surface area (Å²) in [6.45, 7) is 2.28. The molecule has 2 aromatic carbocycles. The van der Waals surface area contributed by atoms with Crippen molar-refractivity contribution in [3.63, 3.8) is 0 Å². The average molecular weight is 543 g/mol. The molecule has 2 atom stereocenters. The van der Waals surface area contributed by atoms with Crippen LogP contribution in [0.15, 0.2) is 67.3 Å². The first-order valence-corrected chi connectivity index (χ1v) is 12.7. The Hall–Kier alpha value is -3.43. The maximum atomic E-state index is 14.7. The van der Waals surface area contributed by atoms with Crippen molar-refractivity contribution in [2.24, 2.45) is 0 Å². The van der Waals surface area contributed by atoms with Crippen molar-refractivity contribution in [2.45, 2.75) is 35.9 Å². The molecular formula is C27H25F3N4O3S. The smallest absolute Gasteiger partial charge is 0.177 e. The minimum absolute atomic E-state index is 0.0432. The van der Waals surface area contributed by atoms with Crippen molar-refractivity contribution in [3.8, 4) is 6.07 Å². The van der Waals surface area contributed by atoms with Gasteiger partial charge in [0.05, 0.1) is 36.6 Å². The monoisotopic (exact) mass is 542 g/mol. The molecule has 4 rings (SSSR count). The Labute approximate surface area is 222 Å². The summed E-state index contributed by atoms with van der Waals surface area (Å²) >= 11 is 1.36. The Morgan fingerprint density at radius 3 is 2.63 bits per heavy atom. The van der Waals surface area contributed by atoms with Crippen LogP contribution in [0.4, 0.5) is 13.2 Å². The van der Waals surface area contributed by atoms with E-state index < -0.39 is 34.6 Å². The van der Waals surface area contributed by atoms with Crippen LogP contribution in [0.25, 0.3) is 6.08 Å². The maximum Gasteiger partial charge on any atom is 0.177 e. The molecule has 38 heavy (non-hydrogen) atoms. The summed E-state index contributed by atoms with van der Waals surface area (Å²) in [4.78, 5) is 3.88. The SMILES string of the molecule is C[C@@H](S[C@H]1CO[C@H](/C=C/C=C/c2ccc(C#N)cc2F)OC1)[C@](O)(Cn1cncn1)c1ccc(F)cc1F. The fourth-order valence-electron chi connectivity index (χ4n) is 3.97. The third kappa shape index (κ3) is 6.71. The van der Waals surface area contributed by atoms with Crippen LogP contribution in [0.2, 0.25) is 0 Å². The number of thioether (sulfide) groups is 1. The number of nitrogens with zero attached hydrogens (tertiary/aromatic N) is 4. The molecule has 1 N–H and O–H groups in total. The van der Waals surface area contributed by atoms with Crippen LogP contribution < -0.4 is 0 Å². The van der Waals surface area contributed by atoms with E-state index in [1.807, 2.05) is 6.07 Å². The van der Waals surface area contributed by atoms with Gasteiger partial charge in [-0.3, -0.25) is 0 Å². The number of aromatic nitrogens is 3. The number of nitriles is 1. The van der Waals surface area contributed by atoms with E-state index in [-0.39, 0.29) is 22.9 Å². The lowest BCUT2D eigenvalue weighted by Crippen LogP contribution is -2.43. The molecule has 1 aromatic heterocycles. The molecule has 7 nitrogen and oxygen atoms in total. The van der Waals surface area contributed by atoms with E-state index in [4.69, 9.17) is 14.7 Å². The Kier molecular flexibility index (Phi) is 9.01. The van der Waals surface area contributed by atoms with Crippen molar-refractivity contribution in [1.29, 1.82) is 5.26 Å². The quantitative estimate of drug-likeness (QED) is 0.396. The normalized spacial score (nSPS) is 20.4. The molecule has 2 heterocycles. The standard InChI is InChI=1S/C27H25F3N4O3S/c1-18(27(35,15-34-17-32-16-33-34)23-9-8-21(28)11-25(23)30)38-22-13-36-26(37-14-22)5-3-2-4-20-7-6-19(12-31)10-24(20)29/h2-11,16-18,22,26,35H,13-15H2,1H3/b4-2+,5-3+/t18-,22-,26-,27-/m1/s1. The van der Waals surface area contributed by atoms with Crippen molar-refractivity contribution < 1.29 is 27.8 Å². The van der Waals surface area contributed by atoms with Gasteiger partial charge in [0.2, 0.25) is 0 Å². The van der Waals surface area contributed by atoms with Crippen molar-refractivity contribution in [1.82, 2.24) is 14.8 Å². The van der Waals surface area contributed by atoms with Gasteiger partial charge in [0, 0.05) is 22.4 Å². The van der Waals surface area contributed by atoms with Gasteiger partial charge < -0.3 is 14.6 Å². The van der Waals surface area contributed by atoms with Gasteiger partial charge in [-0.05, 0) is 24.3 Å². The van der Waals surface area contributed by atoms with Crippen LogP contribution in [0.5, 0.6) is 0 Å². The highest BCUT2D eigenvalue weighted by Gasteiger charge is 2.41. The van der Waals surface area contributed by atoms with Gasteiger partial charge in [-0.25, -0.2) is 22.8 Å². The zero-order valence-corrected chi connectivity index (χ0v) is 21.2. The van der Waals surface area contributed by atoms with Gasteiger partial charge in [-0.15, -0.1) is 11.8 Å². The molecule has 1 saturated heterocycles. The zero-order chi connectivity index (χ0) is 27.1. The molecule has 1 fully saturated rings. The van der Waals surface area contributed by atoms with Crippen LogP contribution in [0.1, 0.15) is 23.6 Å². The molecule has 11 heteroatoms. The summed E-state index contributed by atoms with van der Waals surface area (Å²) in [6.07, 6.45) is 8.68. The van der Waals surface area contributed by atoms with Crippen LogP contribution in [0.3, 0.4) is 0 Å². The molecule has 0 unspecified atom stereocenters. The van der Waals surface area contributed by atoms with Gasteiger partial charge in [0.15, 0.2) is 6.29 Å². The predicted octanol–water partition coefficient (Wildman–Crippen LogP) is 4.59. The van der Waals surface area contributed by atoms with Crippen molar-refractivity contribution in [3.05, 3.63) is 101 Å². The molecule has 0 amide bonds. The minimum Gasteiger partial charge on any atom is -0.382 e. The van der Waals surface area contributed by atoms with Gasteiger partial charge in [-0.2, -0.15) is 10.4 Å². The number of hydrogen-bond donors (Lipinski definition) is 1. The molecule has 1 aliphatic rings. The fraction of sp³-hybridized carbons (Fsp3) is 0.296. The molecule has 0 spiro atoms. The topological polar surface area (TPSA) is 93.2 Å². The second-order valence-corrected chi connectivity index (χ2v) is 10.3. The second kappa shape index (κ2) is 12.4. The number of allylic oxidation sites excluding steroid dienone is 2. The van der Waals surface area contributed by atoms with E-state index in [9.17, 15) is 18.3 Å². The van der Waals surface area contributed by atoms with Gasteiger partial charge in [0.1, 0.15) is 35.7 Å². The number of halogens is 3. The number of ether oxygens (including phenoxy) is 2. The van der Waals surface area contributed by atoms with E-state index in [1.54, 1.807) is 31.2 Å². The maximum absolute atomic E-state index is 14.7. The number of benzene rings is 2. The van der Waals surface area contributed by atoms with Crippen LogP contribution in [-0.4, -0.2) is 49.9 Å². The van der Waals surface area contributed by atoms with Crippen molar-refractivity contribution >= 4 is 17.8 Å². The first-order chi connectivity index (χ1) is 18.3. The molecule has 1 aliphatic heterocycles. The second-order valence-electron chi connectivity index (χ2n) is 8.67. The highest BCUT2D eigenvalue weighted by Crippen LogP contribution is 2.38. The molecule has 0 radical (unpaired) electrons. The first kappa shape index (κ1) is 27.6. The van der Waals surface area contributed by atoms with Gasteiger partial charge >= 0.3 is 0 Å². The molecule has 0 aliphatic carbocycles. The largest absolute Gasteiger partial charge is 0.382 e. The molecule has 0 bridgehead atoms. The summed E-state index contributed by atoms with van der Waals surface area (Å²) in [7, 11) is 0. The first-order valence-electron chi connectivity index (χ1n) is 11.7. The lowest BCUT2D eigenvalue weighted by Gasteiger charge is -2.37. The summed E-state index contributed by atoms with van der Waals surface area (Å²) in [5.74, 6) is -2.08. The van der Waals surface area contributed by atoms with E-state index >= 15 is 0 Å². The summed E-state index contributed by atoms with van der Waals surface area (Å²) in [6, 6.07) is 9.21. The van der Waals surface area contributed by atoms with Gasteiger partial charge in [-0.1, -0.05) is 37.3 Å². The van der Waals surface area contributed by atoms with Crippen LogP contribution >= 0.6 is 11.8 Å². The van der Waals surface area contributed by atoms with Crippen LogP contribution in [0, 0.1) is 28.8 Å². The third-order valence-corrected chi connectivity index (χ3v) is 7.47. The fourth-order valence-corrected chi connectivity index (χ4v) is 5.29. The lowest BCUT2D eigenvalue weighted by atomic mass is 9.90. The Morgan fingerprint density at radius 2 is 1.97 bits per heavy atom. The molecule has 198 valence electrons. The summed E-state index contributed by atoms with van der Waals surface area (Å²) < 4.78 is 55.1. The average Bonchev–Trinajstić information content (AvgIpc) is 3.40. The molecule has 0 saturated carbocycles. The summed E-state index contributed by atoms with van der Waals surface area (Å²) in [5, 5.41) is 23.8. The predicted molar refractivity (Wildman–Crippen MR) is 136 cm³/mol. The van der Waals surface area contributed by atoms with E-state index in [0.717, 1.165) is 12.1 Å². The van der Waals surface area contributed by atoms with Crippen molar-refractivity contribution in [2.75, 3.05) is 13.2 Å². The van der Waals surface area contributed by atoms with E-state index in [1.165, 1.54) is 53.4 Å². The van der Waals surface area contributed by atoms with Gasteiger partial charge in [0.25, 0.3) is 0 Å². The number of aliphatic hydroxyl groups is 1. The van der Waals surface area contributed by atoms with Crippen LogP contribution in [-0.2, 0) is 21.6 Å². The molecular weight excluding hydrogens is 517 g/mol. The zero-order valence-electron chi connectivity index (χ0n) is 20.4. The Balaban J connectivity index is 1.36.